The molecule has 3 rings (SSSR count). The van der Waals surface area contributed by atoms with E-state index in [1.165, 1.54) is 35.6 Å². The molecule has 2 aromatic carbocycles. The van der Waals surface area contributed by atoms with Gasteiger partial charge in [-0.25, -0.2) is 12.7 Å². The Balaban J connectivity index is 1.83. The van der Waals surface area contributed by atoms with E-state index in [0.29, 0.717) is 12.1 Å². The quantitative estimate of drug-likeness (QED) is 0.808. The molecule has 1 aliphatic rings. The van der Waals surface area contributed by atoms with Gasteiger partial charge in [0.15, 0.2) is 0 Å². The van der Waals surface area contributed by atoms with Crippen LogP contribution in [0.1, 0.15) is 29.9 Å². The summed E-state index contributed by atoms with van der Waals surface area (Å²) >= 11 is 0. The van der Waals surface area contributed by atoms with Crippen LogP contribution in [0.15, 0.2) is 47.4 Å². The van der Waals surface area contributed by atoms with Crippen molar-refractivity contribution in [3.8, 4) is 0 Å². The van der Waals surface area contributed by atoms with E-state index in [9.17, 15) is 13.2 Å². The molecule has 0 aromatic heterocycles. The van der Waals surface area contributed by atoms with Crippen LogP contribution >= 0.6 is 0 Å². The standard InChI is InChI=1S/C21H27N3O3S/c1-23(2)20-12-11-17(28(26,27)24(3)4)14-19(20)22-21(25)13-16-10-9-15-7-5-6-8-18(15)16/h5-8,11-12,14,16H,9-10,13H2,1-4H3,(H,22,25). The first-order chi connectivity index (χ1) is 13.2. The van der Waals surface area contributed by atoms with Crippen LogP contribution in [0.3, 0.4) is 0 Å². The van der Waals surface area contributed by atoms with E-state index in [-0.39, 0.29) is 16.7 Å². The van der Waals surface area contributed by atoms with Gasteiger partial charge in [-0.1, -0.05) is 24.3 Å². The molecule has 1 unspecified atom stereocenters. The summed E-state index contributed by atoms with van der Waals surface area (Å²) in [7, 11) is 3.12. The molecular weight excluding hydrogens is 374 g/mol. The third-order valence-electron chi connectivity index (χ3n) is 5.19. The van der Waals surface area contributed by atoms with Gasteiger partial charge in [-0.05, 0) is 48.1 Å². The van der Waals surface area contributed by atoms with Gasteiger partial charge < -0.3 is 10.2 Å². The van der Waals surface area contributed by atoms with E-state index in [1.807, 2.05) is 31.1 Å². The van der Waals surface area contributed by atoms with E-state index in [0.717, 1.165) is 18.5 Å². The first-order valence-corrected chi connectivity index (χ1v) is 10.8. The number of nitrogens with zero attached hydrogens (tertiary/aromatic N) is 2. The normalized spacial score (nSPS) is 16.1. The molecule has 0 aliphatic heterocycles. The molecule has 0 radical (unpaired) electrons. The van der Waals surface area contributed by atoms with Crippen molar-refractivity contribution >= 4 is 27.3 Å². The summed E-state index contributed by atoms with van der Waals surface area (Å²) in [6.45, 7) is 0. The minimum atomic E-state index is -3.58. The summed E-state index contributed by atoms with van der Waals surface area (Å²) in [5, 5.41) is 2.94. The Hall–Kier alpha value is -2.38. The van der Waals surface area contributed by atoms with Gasteiger partial charge in [-0.15, -0.1) is 0 Å². The molecule has 0 fully saturated rings. The Morgan fingerprint density at radius 2 is 1.82 bits per heavy atom. The van der Waals surface area contributed by atoms with Crippen molar-refractivity contribution in [2.75, 3.05) is 38.4 Å². The molecule has 1 aliphatic carbocycles. The Bertz CT molecular complexity index is 984. The fraction of sp³-hybridized carbons (Fsp3) is 0.381. The van der Waals surface area contributed by atoms with E-state index in [4.69, 9.17) is 0 Å². The number of anilines is 2. The number of nitrogens with one attached hydrogen (secondary N) is 1. The molecule has 0 bridgehead atoms. The van der Waals surface area contributed by atoms with Gasteiger partial charge in [0.2, 0.25) is 15.9 Å². The van der Waals surface area contributed by atoms with Crippen molar-refractivity contribution in [3.05, 3.63) is 53.6 Å². The highest BCUT2D eigenvalue weighted by atomic mass is 32.2. The van der Waals surface area contributed by atoms with Gasteiger partial charge in [0.1, 0.15) is 0 Å². The molecule has 28 heavy (non-hydrogen) atoms. The topological polar surface area (TPSA) is 69.7 Å². The highest BCUT2D eigenvalue weighted by Gasteiger charge is 2.25. The average molecular weight is 402 g/mol. The molecule has 2 aromatic rings. The lowest BCUT2D eigenvalue weighted by Gasteiger charge is -2.21. The summed E-state index contributed by atoms with van der Waals surface area (Å²) in [5.41, 5.74) is 3.82. The summed E-state index contributed by atoms with van der Waals surface area (Å²) in [6, 6.07) is 13.1. The van der Waals surface area contributed by atoms with E-state index < -0.39 is 10.0 Å². The van der Waals surface area contributed by atoms with Gasteiger partial charge in [-0.3, -0.25) is 4.79 Å². The van der Waals surface area contributed by atoms with Crippen LogP contribution in [-0.4, -0.2) is 46.8 Å². The maximum Gasteiger partial charge on any atom is 0.242 e. The van der Waals surface area contributed by atoms with Crippen LogP contribution < -0.4 is 10.2 Å². The predicted molar refractivity (Wildman–Crippen MR) is 112 cm³/mol. The molecule has 0 saturated heterocycles. The molecule has 0 spiro atoms. The van der Waals surface area contributed by atoms with Gasteiger partial charge in [0, 0.05) is 34.6 Å². The second kappa shape index (κ2) is 7.93. The number of amides is 1. The lowest BCUT2D eigenvalue weighted by molar-refractivity contribution is -0.116. The monoisotopic (exact) mass is 401 g/mol. The summed E-state index contributed by atoms with van der Waals surface area (Å²) in [5.74, 6) is 0.0944. The van der Waals surface area contributed by atoms with E-state index in [1.54, 1.807) is 12.1 Å². The number of rotatable bonds is 6. The van der Waals surface area contributed by atoms with Crippen LogP contribution in [0.5, 0.6) is 0 Å². The molecular formula is C21H27N3O3S. The van der Waals surface area contributed by atoms with Crippen molar-refractivity contribution in [1.29, 1.82) is 0 Å². The number of carbonyl (C=O) groups is 1. The average Bonchev–Trinajstić information content (AvgIpc) is 3.04. The van der Waals surface area contributed by atoms with E-state index >= 15 is 0 Å². The van der Waals surface area contributed by atoms with Gasteiger partial charge in [0.25, 0.3) is 0 Å². The third-order valence-corrected chi connectivity index (χ3v) is 7.00. The lowest BCUT2D eigenvalue weighted by Crippen LogP contribution is -2.23. The van der Waals surface area contributed by atoms with Crippen molar-refractivity contribution < 1.29 is 13.2 Å². The first kappa shape index (κ1) is 20.4. The van der Waals surface area contributed by atoms with Crippen LogP contribution in [0.4, 0.5) is 11.4 Å². The number of benzene rings is 2. The van der Waals surface area contributed by atoms with Crippen LogP contribution in [-0.2, 0) is 21.2 Å². The lowest BCUT2D eigenvalue weighted by atomic mass is 9.97. The number of hydrogen-bond acceptors (Lipinski definition) is 4. The SMILES string of the molecule is CN(C)c1ccc(S(=O)(=O)N(C)C)cc1NC(=O)CC1CCc2ccccc21. The number of sulfonamides is 1. The zero-order valence-corrected chi connectivity index (χ0v) is 17.6. The molecule has 0 heterocycles. The predicted octanol–water partition coefficient (Wildman–Crippen LogP) is 3.06. The van der Waals surface area contributed by atoms with E-state index in [2.05, 4.69) is 17.4 Å². The zero-order valence-electron chi connectivity index (χ0n) is 16.8. The second-order valence-corrected chi connectivity index (χ2v) is 9.70. The molecule has 1 N–H and O–H groups in total. The number of hydrogen-bond donors (Lipinski definition) is 1. The molecule has 1 atom stereocenters. The Morgan fingerprint density at radius 3 is 2.50 bits per heavy atom. The van der Waals surface area contributed by atoms with Crippen molar-refractivity contribution in [1.82, 2.24) is 4.31 Å². The minimum absolute atomic E-state index is 0.107. The molecule has 1 amide bonds. The maximum absolute atomic E-state index is 12.8. The fourth-order valence-corrected chi connectivity index (χ4v) is 4.59. The van der Waals surface area contributed by atoms with Crippen molar-refractivity contribution in [2.45, 2.75) is 30.1 Å². The summed E-state index contributed by atoms with van der Waals surface area (Å²) in [4.78, 5) is 14.8. The van der Waals surface area contributed by atoms with Gasteiger partial charge >= 0.3 is 0 Å². The van der Waals surface area contributed by atoms with Crippen LogP contribution in [0, 0.1) is 0 Å². The second-order valence-electron chi connectivity index (χ2n) is 7.55. The minimum Gasteiger partial charge on any atom is -0.376 e. The number of fused-ring (bicyclic) bond motifs is 1. The zero-order chi connectivity index (χ0) is 20.5. The molecule has 150 valence electrons. The molecule has 0 saturated carbocycles. The molecule has 7 heteroatoms. The highest BCUT2D eigenvalue weighted by molar-refractivity contribution is 7.89. The summed E-state index contributed by atoms with van der Waals surface area (Å²) < 4.78 is 26.1. The van der Waals surface area contributed by atoms with Gasteiger partial charge in [0.05, 0.1) is 16.3 Å². The third kappa shape index (κ3) is 4.05. The van der Waals surface area contributed by atoms with Crippen molar-refractivity contribution in [3.63, 3.8) is 0 Å². The van der Waals surface area contributed by atoms with Crippen LogP contribution in [0.25, 0.3) is 0 Å². The maximum atomic E-state index is 12.8. The first-order valence-electron chi connectivity index (χ1n) is 9.31. The van der Waals surface area contributed by atoms with Crippen molar-refractivity contribution in [2.24, 2.45) is 0 Å². The summed E-state index contributed by atoms with van der Waals surface area (Å²) in [6.07, 6.45) is 2.34. The Kier molecular flexibility index (Phi) is 5.76. The Morgan fingerprint density at radius 1 is 1.11 bits per heavy atom. The van der Waals surface area contributed by atoms with Crippen LogP contribution in [0.2, 0.25) is 0 Å². The number of aryl methyl sites for hydroxylation is 1. The Labute approximate surface area is 167 Å². The largest absolute Gasteiger partial charge is 0.376 e. The number of carbonyl (C=O) groups excluding carboxylic acids is 1. The molecule has 6 nitrogen and oxygen atoms in total. The fourth-order valence-electron chi connectivity index (χ4n) is 3.66. The van der Waals surface area contributed by atoms with Gasteiger partial charge in [-0.2, -0.15) is 0 Å². The smallest absolute Gasteiger partial charge is 0.242 e. The highest BCUT2D eigenvalue weighted by Crippen LogP contribution is 2.36.